The summed E-state index contributed by atoms with van der Waals surface area (Å²) in [6.07, 6.45) is 3.17. The molecule has 5 nitrogen and oxygen atoms in total. The highest BCUT2D eigenvalue weighted by Crippen LogP contribution is 2.54. The second-order valence-corrected chi connectivity index (χ2v) is 6.90. The number of rotatable bonds is 2. The lowest BCUT2D eigenvalue weighted by Gasteiger charge is -2.44. The summed E-state index contributed by atoms with van der Waals surface area (Å²) >= 11 is 0. The molecule has 1 aromatic carbocycles. The van der Waals surface area contributed by atoms with Gasteiger partial charge in [0.05, 0.1) is 25.7 Å². The van der Waals surface area contributed by atoms with Gasteiger partial charge in [0.25, 0.3) is 0 Å². The number of nitriles is 1. The number of carbonyl (C=O) groups excluding carboxylic acids is 2. The van der Waals surface area contributed by atoms with E-state index in [0.717, 1.165) is 12.0 Å². The van der Waals surface area contributed by atoms with Crippen LogP contribution in [-0.2, 0) is 9.53 Å². The number of hydrogen-bond acceptors (Lipinski definition) is 5. The predicted molar refractivity (Wildman–Crippen MR) is 91.2 cm³/mol. The van der Waals surface area contributed by atoms with Gasteiger partial charge in [-0.05, 0) is 54.9 Å². The fourth-order valence-electron chi connectivity index (χ4n) is 4.15. The molecule has 0 N–H and O–H groups in total. The van der Waals surface area contributed by atoms with Crippen LogP contribution in [0, 0.1) is 22.7 Å². The number of hydrogen-bond donors (Lipinski definition) is 0. The highest BCUT2D eigenvalue weighted by atomic mass is 16.5. The van der Waals surface area contributed by atoms with E-state index >= 15 is 0 Å². The zero-order valence-corrected chi connectivity index (χ0v) is 14.7. The first kappa shape index (κ1) is 17.2. The average Bonchev–Trinajstić information content (AvgIpc) is 2.63. The van der Waals surface area contributed by atoms with Gasteiger partial charge in [-0.3, -0.25) is 4.79 Å². The summed E-state index contributed by atoms with van der Waals surface area (Å²) in [7, 11) is 2.89. The fourth-order valence-corrected chi connectivity index (χ4v) is 4.15. The van der Waals surface area contributed by atoms with Crippen molar-refractivity contribution in [2.45, 2.75) is 32.1 Å². The van der Waals surface area contributed by atoms with Gasteiger partial charge in [0.1, 0.15) is 5.75 Å². The van der Waals surface area contributed by atoms with Crippen LogP contribution in [0.4, 0.5) is 0 Å². The van der Waals surface area contributed by atoms with Crippen molar-refractivity contribution in [2.75, 3.05) is 14.2 Å². The Balaban J connectivity index is 2.10. The first-order chi connectivity index (χ1) is 11.9. The maximum absolute atomic E-state index is 12.7. The van der Waals surface area contributed by atoms with Crippen molar-refractivity contribution in [3.05, 3.63) is 41.0 Å². The van der Waals surface area contributed by atoms with E-state index in [9.17, 15) is 14.9 Å². The summed E-state index contributed by atoms with van der Waals surface area (Å²) in [5.41, 5.74) is 1.64. The van der Waals surface area contributed by atoms with Crippen molar-refractivity contribution < 1.29 is 19.1 Å². The van der Waals surface area contributed by atoms with Crippen LogP contribution in [0.3, 0.4) is 0 Å². The molecule has 25 heavy (non-hydrogen) atoms. The molecular weight excluding hydrogens is 318 g/mol. The minimum Gasteiger partial charge on any atom is -0.497 e. The van der Waals surface area contributed by atoms with Crippen LogP contribution in [0.2, 0.25) is 0 Å². The molecular formula is C20H21NO4. The number of allylic oxidation sites excluding steroid dienone is 1. The second-order valence-electron chi connectivity index (χ2n) is 6.90. The Morgan fingerprint density at radius 3 is 2.76 bits per heavy atom. The molecule has 1 aromatic rings. The third-order valence-electron chi connectivity index (χ3n) is 5.56. The number of Topliss-reactive ketones (excluding diaryl/α,β-unsaturated/α-hetero) is 1. The van der Waals surface area contributed by atoms with Gasteiger partial charge < -0.3 is 9.47 Å². The van der Waals surface area contributed by atoms with E-state index in [-0.39, 0.29) is 17.6 Å². The molecule has 5 heteroatoms. The number of nitrogens with zero attached hydrogens (tertiary/aromatic N) is 1. The Labute approximate surface area is 147 Å². The van der Waals surface area contributed by atoms with E-state index in [1.54, 1.807) is 13.2 Å². The summed E-state index contributed by atoms with van der Waals surface area (Å²) in [4.78, 5) is 24.6. The monoisotopic (exact) mass is 339 g/mol. The SMILES string of the molecule is COC(=O)/C=C1\[C@@H]2CC(=O)c3cc(OC)ccc3[C@@H]2CC[C@@]1(C)C#N. The lowest BCUT2D eigenvalue weighted by molar-refractivity contribution is -0.135. The lowest BCUT2D eigenvalue weighted by Crippen LogP contribution is -2.37. The third-order valence-corrected chi connectivity index (χ3v) is 5.56. The number of fused-ring (bicyclic) bond motifs is 3. The van der Waals surface area contributed by atoms with E-state index in [1.165, 1.54) is 13.2 Å². The van der Waals surface area contributed by atoms with Crippen LogP contribution in [0.25, 0.3) is 0 Å². The molecule has 0 unspecified atom stereocenters. The second kappa shape index (κ2) is 6.36. The number of ketones is 1. The van der Waals surface area contributed by atoms with Gasteiger partial charge in [0.15, 0.2) is 5.78 Å². The molecule has 1 saturated carbocycles. The summed E-state index contributed by atoms with van der Waals surface area (Å²) in [6.45, 7) is 1.84. The van der Waals surface area contributed by atoms with Crippen molar-refractivity contribution in [1.82, 2.24) is 0 Å². The Morgan fingerprint density at radius 1 is 1.36 bits per heavy atom. The number of methoxy groups -OCH3 is 2. The minimum absolute atomic E-state index is 0.0214. The molecule has 130 valence electrons. The summed E-state index contributed by atoms with van der Waals surface area (Å²) in [6, 6.07) is 7.93. The highest BCUT2D eigenvalue weighted by Gasteiger charge is 2.47. The molecule has 0 saturated heterocycles. The largest absolute Gasteiger partial charge is 0.497 e. The lowest BCUT2D eigenvalue weighted by atomic mass is 9.58. The van der Waals surface area contributed by atoms with E-state index < -0.39 is 11.4 Å². The number of benzene rings is 1. The van der Waals surface area contributed by atoms with Gasteiger partial charge in [-0.1, -0.05) is 6.07 Å². The van der Waals surface area contributed by atoms with E-state index in [0.29, 0.717) is 29.7 Å². The zero-order valence-electron chi connectivity index (χ0n) is 14.7. The Hall–Kier alpha value is -2.61. The van der Waals surface area contributed by atoms with Gasteiger partial charge in [-0.25, -0.2) is 4.79 Å². The minimum atomic E-state index is -0.750. The van der Waals surface area contributed by atoms with Gasteiger partial charge in [-0.15, -0.1) is 0 Å². The topological polar surface area (TPSA) is 76.4 Å². The molecule has 0 spiro atoms. The van der Waals surface area contributed by atoms with E-state index in [2.05, 4.69) is 6.07 Å². The molecule has 0 bridgehead atoms. The van der Waals surface area contributed by atoms with Crippen LogP contribution in [-0.4, -0.2) is 26.0 Å². The Morgan fingerprint density at radius 2 is 2.12 bits per heavy atom. The van der Waals surface area contributed by atoms with Crippen molar-refractivity contribution in [3.8, 4) is 11.8 Å². The molecule has 0 heterocycles. The van der Waals surface area contributed by atoms with Crippen LogP contribution in [0.5, 0.6) is 5.75 Å². The average molecular weight is 339 g/mol. The van der Waals surface area contributed by atoms with Gasteiger partial charge >= 0.3 is 5.97 Å². The van der Waals surface area contributed by atoms with E-state index in [1.807, 2.05) is 19.1 Å². The Bertz CT molecular complexity index is 804. The Kier molecular flexibility index (Phi) is 4.38. The van der Waals surface area contributed by atoms with Gasteiger partial charge in [0, 0.05) is 18.1 Å². The van der Waals surface area contributed by atoms with Gasteiger partial charge in [0.2, 0.25) is 0 Å². The molecule has 0 aliphatic heterocycles. The van der Waals surface area contributed by atoms with Crippen molar-refractivity contribution in [2.24, 2.45) is 11.3 Å². The highest BCUT2D eigenvalue weighted by molar-refractivity contribution is 6.00. The van der Waals surface area contributed by atoms with Crippen LogP contribution >= 0.6 is 0 Å². The molecule has 0 radical (unpaired) electrons. The molecule has 2 aliphatic carbocycles. The van der Waals surface area contributed by atoms with E-state index in [4.69, 9.17) is 9.47 Å². The molecule has 0 amide bonds. The number of carbonyl (C=O) groups is 2. The van der Waals surface area contributed by atoms with Crippen LogP contribution < -0.4 is 4.74 Å². The third kappa shape index (κ3) is 2.82. The van der Waals surface area contributed by atoms with Crippen LogP contribution in [0.15, 0.2) is 29.8 Å². The first-order valence-corrected chi connectivity index (χ1v) is 8.36. The molecule has 3 atom stereocenters. The molecule has 0 aromatic heterocycles. The number of esters is 1. The molecule has 2 aliphatic rings. The first-order valence-electron chi connectivity index (χ1n) is 8.36. The number of ether oxygens (including phenoxy) is 2. The summed E-state index contributed by atoms with van der Waals surface area (Å²) in [5, 5.41) is 9.68. The van der Waals surface area contributed by atoms with Crippen molar-refractivity contribution in [1.29, 1.82) is 5.26 Å². The maximum Gasteiger partial charge on any atom is 0.330 e. The standard InChI is InChI=1S/C20H21NO4/c1-20(11-21)7-6-14-13-5-4-12(24-2)8-16(13)18(22)9-15(14)17(20)10-19(23)25-3/h4-5,8,10,14-15H,6-7,9H2,1-3H3/b17-10+/t14-,15+,20-/m0/s1. The van der Waals surface area contributed by atoms with Gasteiger partial charge in [-0.2, -0.15) is 5.26 Å². The maximum atomic E-state index is 12.7. The molecule has 3 rings (SSSR count). The quantitative estimate of drug-likeness (QED) is 0.609. The predicted octanol–water partition coefficient (Wildman–Crippen LogP) is 3.40. The fraction of sp³-hybridized carbons (Fsp3) is 0.450. The smallest absolute Gasteiger partial charge is 0.330 e. The zero-order chi connectivity index (χ0) is 18.2. The summed E-state index contributed by atoms with van der Waals surface area (Å²) < 4.78 is 10.0. The van der Waals surface area contributed by atoms with Crippen molar-refractivity contribution >= 4 is 11.8 Å². The summed E-state index contributed by atoms with van der Waals surface area (Å²) in [5.74, 6) is 0.175. The van der Waals surface area contributed by atoms with Crippen LogP contribution in [0.1, 0.15) is 48.0 Å². The van der Waals surface area contributed by atoms with Crippen molar-refractivity contribution in [3.63, 3.8) is 0 Å². The molecule has 1 fully saturated rings. The normalized spacial score (nSPS) is 29.4.